The number of likely N-dealkylation sites (tertiary alicyclic amines) is 1. The summed E-state index contributed by atoms with van der Waals surface area (Å²) in [4.78, 5) is 20.3. The van der Waals surface area contributed by atoms with Crippen molar-refractivity contribution in [1.29, 1.82) is 0 Å². The molecule has 6 rings (SSSR count). The molecule has 1 aliphatic rings. The number of hydrogen-bond acceptors (Lipinski definition) is 3. The first kappa shape index (κ1) is 23.5. The van der Waals surface area contributed by atoms with Gasteiger partial charge in [0.1, 0.15) is 0 Å². The Morgan fingerprint density at radius 3 is 2.57 bits per heavy atom. The number of hydrogen-bond donors (Lipinski definition) is 1. The summed E-state index contributed by atoms with van der Waals surface area (Å²) in [6.45, 7) is 6.49. The van der Waals surface area contributed by atoms with E-state index in [1.165, 1.54) is 16.5 Å². The molecule has 2 aromatic heterocycles. The normalized spacial score (nSPS) is 16.2. The highest BCUT2D eigenvalue weighted by atomic mass is 16.2. The number of piperidine rings is 1. The van der Waals surface area contributed by atoms with Gasteiger partial charge in [-0.2, -0.15) is 0 Å². The lowest BCUT2D eigenvalue weighted by Crippen LogP contribution is -2.45. The molecule has 0 bridgehead atoms. The quantitative estimate of drug-likeness (QED) is 0.335. The van der Waals surface area contributed by atoms with Crippen LogP contribution in [0.2, 0.25) is 0 Å². The molecule has 0 spiro atoms. The maximum Gasteiger partial charge on any atom is 0.253 e. The average Bonchev–Trinajstić information content (AvgIpc) is 3.47. The van der Waals surface area contributed by atoms with E-state index in [-0.39, 0.29) is 18.0 Å². The smallest absolute Gasteiger partial charge is 0.253 e. The summed E-state index contributed by atoms with van der Waals surface area (Å²) in [6, 6.07) is 27.5. The number of nitrogens with zero attached hydrogens (tertiary/aromatic N) is 4. The molecule has 6 nitrogen and oxygen atoms in total. The van der Waals surface area contributed by atoms with E-state index >= 15 is 0 Å². The van der Waals surface area contributed by atoms with Crippen LogP contribution in [0.3, 0.4) is 0 Å². The topological polar surface area (TPSA) is 69.1 Å². The number of para-hydroxylation sites is 1. The third-order valence-corrected chi connectivity index (χ3v) is 7.42. The average molecular weight is 492 g/mol. The zero-order valence-electron chi connectivity index (χ0n) is 21.5. The maximum atomic E-state index is 13.3. The van der Waals surface area contributed by atoms with Gasteiger partial charge in [-0.1, -0.05) is 48.5 Å². The lowest BCUT2D eigenvalue weighted by atomic mass is 10.1. The third kappa shape index (κ3) is 4.31. The molecule has 5 aromatic rings. The Labute approximate surface area is 217 Å². The van der Waals surface area contributed by atoms with Crippen LogP contribution in [0.4, 0.5) is 0 Å². The van der Waals surface area contributed by atoms with Gasteiger partial charge in [0.2, 0.25) is 0 Å². The van der Waals surface area contributed by atoms with Crippen molar-refractivity contribution in [3.05, 3.63) is 90.0 Å². The second kappa shape index (κ2) is 9.52. The molecule has 0 saturated carbocycles. The number of benzene rings is 3. The van der Waals surface area contributed by atoms with E-state index in [0.29, 0.717) is 12.1 Å². The van der Waals surface area contributed by atoms with Crippen molar-refractivity contribution in [2.24, 2.45) is 5.73 Å². The van der Waals surface area contributed by atoms with Crippen LogP contribution >= 0.6 is 0 Å². The van der Waals surface area contributed by atoms with Crippen LogP contribution in [0.15, 0.2) is 78.9 Å². The zero-order chi connectivity index (χ0) is 25.5. The molecule has 0 unspecified atom stereocenters. The van der Waals surface area contributed by atoms with Crippen molar-refractivity contribution in [2.45, 2.75) is 45.3 Å². The molecule has 1 fully saturated rings. The van der Waals surface area contributed by atoms with Crippen LogP contribution in [-0.4, -0.2) is 44.1 Å². The van der Waals surface area contributed by atoms with Gasteiger partial charge in [0.05, 0.1) is 16.7 Å². The summed E-state index contributed by atoms with van der Waals surface area (Å²) in [5.41, 5.74) is 12.2. The molecule has 6 heteroatoms. The Balaban J connectivity index is 1.48. The van der Waals surface area contributed by atoms with Gasteiger partial charge in [-0.15, -0.1) is 0 Å². The summed E-state index contributed by atoms with van der Waals surface area (Å²) in [5.74, 6) is 0.956. The van der Waals surface area contributed by atoms with Gasteiger partial charge < -0.3 is 19.8 Å². The Morgan fingerprint density at radius 2 is 1.78 bits per heavy atom. The summed E-state index contributed by atoms with van der Waals surface area (Å²) in [5, 5.41) is 1.19. The minimum absolute atomic E-state index is 0.0379. The monoisotopic (exact) mass is 491 g/mol. The van der Waals surface area contributed by atoms with E-state index in [4.69, 9.17) is 10.7 Å². The first-order valence-electron chi connectivity index (χ1n) is 13.2. The van der Waals surface area contributed by atoms with Gasteiger partial charge in [0, 0.05) is 48.2 Å². The van der Waals surface area contributed by atoms with Crippen molar-refractivity contribution in [2.75, 3.05) is 13.1 Å². The minimum Gasteiger partial charge on any atom is -0.337 e. The van der Waals surface area contributed by atoms with E-state index in [1.807, 2.05) is 29.2 Å². The molecule has 0 aliphatic carbocycles. The first-order valence-corrected chi connectivity index (χ1v) is 13.2. The lowest BCUT2D eigenvalue weighted by molar-refractivity contribution is 0.0709. The molecule has 0 radical (unpaired) electrons. The SMILES string of the molecule is CC(C)n1c(-c2cc3ccccc3n2Cc2ccccc2)nc2cc(C(=O)N3CCC[C@@H](N)C3)ccc21. The molecule has 2 N–H and O–H groups in total. The summed E-state index contributed by atoms with van der Waals surface area (Å²) < 4.78 is 4.64. The molecule has 3 heterocycles. The van der Waals surface area contributed by atoms with Crippen LogP contribution in [-0.2, 0) is 6.54 Å². The van der Waals surface area contributed by atoms with Gasteiger partial charge >= 0.3 is 0 Å². The van der Waals surface area contributed by atoms with Crippen molar-refractivity contribution in [3.8, 4) is 11.5 Å². The van der Waals surface area contributed by atoms with Gasteiger partial charge in [-0.05, 0) is 62.6 Å². The highest BCUT2D eigenvalue weighted by molar-refractivity contribution is 5.98. The van der Waals surface area contributed by atoms with Crippen LogP contribution in [0.25, 0.3) is 33.5 Å². The van der Waals surface area contributed by atoms with Crippen molar-refractivity contribution < 1.29 is 4.79 Å². The minimum atomic E-state index is 0.0379. The Hall–Kier alpha value is -3.90. The molecular formula is C31H33N5O. The first-order chi connectivity index (χ1) is 18.0. The number of rotatable bonds is 5. The number of amides is 1. The van der Waals surface area contributed by atoms with E-state index in [1.54, 1.807) is 0 Å². The fourth-order valence-electron chi connectivity index (χ4n) is 5.64. The molecule has 1 aliphatic heterocycles. The summed E-state index contributed by atoms with van der Waals surface area (Å²) >= 11 is 0. The molecule has 1 saturated heterocycles. The number of imidazole rings is 1. The van der Waals surface area contributed by atoms with Crippen LogP contribution in [0.5, 0.6) is 0 Å². The Morgan fingerprint density at radius 1 is 1.00 bits per heavy atom. The maximum absolute atomic E-state index is 13.3. The molecule has 3 aromatic carbocycles. The Kier molecular flexibility index (Phi) is 6.05. The lowest BCUT2D eigenvalue weighted by Gasteiger charge is -2.30. The van der Waals surface area contributed by atoms with Crippen LogP contribution < -0.4 is 5.73 Å². The van der Waals surface area contributed by atoms with E-state index in [9.17, 15) is 4.79 Å². The largest absolute Gasteiger partial charge is 0.337 e. The predicted molar refractivity (Wildman–Crippen MR) is 150 cm³/mol. The second-order valence-electron chi connectivity index (χ2n) is 10.4. The van der Waals surface area contributed by atoms with Gasteiger partial charge in [0.25, 0.3) is 5.91 Å². The number of fused-ring (bicyclic) bond motifs is 2. The molecule has 1 atom stereocenters. The van der Waals surface area contributed by atoms with Crippen molar-refractivity contribution >= 4 is 27.8 Å². The zero-order valence-corrected chi connectivity index (χ0v) is 21.5. The third-order valence-electron chi connectivity index (χ3n) is 7.42. The van der Waals surface area contributed by atoms with E-state index in [2.05, 4.69) is 77.6 Å². The standard InChI is InChI=1S/C31H33N5O/c1-21(2)36-28-15-14-24(31(37)34-16-8-12-25(32)20-34)17-26(28)33-30(36)29-18-23-11-6-7-13-27(23)35(29)19-22-9-4-3-5-10-22/h3-7,9-11,13-15,17-18,21,25H,8,12,16,19-20,32H2,1-2H3/t25-/m1/s1. The number of carbonyl (C=O) groups excluding carboxylic acids is 1. The van der Waals surface area contributed by atoms with Crippen LogP contribution in [0, 0.1) is 0 Å². The van der Waals surface area contributed by atoms with Gasteiger partial charge in [-0.25, -0.2) is 4.98 Å². The number of nitrogens with two attached hydrogens (primary N) is 1. The molecule has 1 amide bonds. The van der Waals surface area contributed by atoms with Crippen molar-refractivity contribution in [1.82, 2.24) is 19.0 Å². The predicted octanol–water partition coefficient (Wildman–Crippen LogP) is 5.85. The fraction of sp³-hybridized carbons (Fsp3) is 0.290. The van der Waals surface area contributed by atoms with Crippen molar-refractivity contribution in [3.63, 3.8) is 0 Å². The van der Waals surface area contributed by atoms with E-state index < -0.39 is 0 Å². The highest BCUT2D eigenvalue weighted by Gasteiger charge is 2.24. The molecular weight excluding hydrogens is 458 g/mol. The molecule has 37 heavy (non-hydrogen) atoms. The van der Waals surface area contributed by atoms with Gasteiger partial charge in [0.15, 0.2) is 5.82 Å². The summed E-state index contributed by atoms with van der Waals surface area (Å²) in [7, 11) is 0. The second-order valence-corrected chi connectivity index (χ2v) is 10.4. The number of carbonyl (C=O) groups is 1. The van der Waals surface area contributed by atoms with Gasteiger partial charge in [-0.3, -0.25) is 4.79 Å². The number of aromatic nitrogens is 3. The van der Waals surface area contributed by atoms with Crippen LogP contribution in [0.1, 0.15) is 48.7 Å². The van der Waals surface area contributed by atoms with E-state index in [0.717, 1.165) is 48.5 Å². The summed E-state index contributed by atoms with van der Waals surface area (Å²) in [6.07, 6.45) is 1.93. The molecule has 188 valence electrons. The highest BCUT2D eigenvalue weighted by Crippen LogP contribution is 2.33. The Bertz CT molecular complexity index is 1580. The fourth-order valence-corrected chi connectivity index (χ4v) is 5.64.